The van der Waals surface area contributed by atoms with Crippen LogP contribution in [-0.2, 0) is 4.79 Å². The van der Waals surface area contributed by atoms with Gasteiger partial charge in [-0.3, -0.25) is 4.79 Å². The van der Waals surface area contributed by atoms with E-state index in [4.69, 9.17) is 0 Å². The van der Waals surface area contributed by atoms with Crippen LogP contribution in [0.3, 0.4) is 0 Å². The Morgan fingerprint density at radius 1 is 0.967 bits per heavy atom. The normalized spacial score (nSPS) is 13.6. The van der Waals surface area contributed by atoms with Crippen molar-refractivity contribution in [2.75, 3.05) is 28.6 Å². The largest absolute Gasteiger partial charge is 0.356 e. The molecule has 6 heteroatoms. The van der Waals surface area contributed by atoms with Crippen molar-refractivity contribution in [1.82, 2.24) is 9.97 Å². The van der Waals surface area contributed by atoms with Gasteiger partial charge in [0.25, 0.3) is 0 Å². The Morgan fingerprint density at radius 3 is 2.40 bits per heavy atom. The highest BCUT2D eigenvalue weighted by Gasteiger charge is 2.15. The van der Waals surface area contributed by atoms with E-state index >= 15 is 0 Å². The van der Waals surface area contributed by atoms with Crippen molar-refractivity contribution in [2.45, 2.75) is 19.8 Å². The highest BCUT2D eigenvalue weighted by Crippen LogP contribution is 2.22. The van der Waals surface area contributed by atoms with E-state index in [9.17, 15) is 4.79 Å². The lowest BCUT2D eigenvalue weighted by molar-refractivity contribution is -0.111. The maximum absolute atomic E-state index is 12.1. The van der Waals surface area contributed by atoms with Gasteiger partial charge in [-0.1, -0.05) is 30.3 Å². The lowest BCUT2D eigenvalue weighted by Gasteiger charge is -2.17. The highest BCUT2D eigenvalue weighted by molar-refractivity contribution is 6.02. The molecule has 0 saturated carbocycles. The predicted octanol–water partition coefficient (Wildman–Crippen LogP) is 4.78. The number of rotatable bonds is 6. The van der Waals surface area contributed by atoms with Crippen LogP contribution in [0.4, 0.5) is 23.1 Å². The second-order valence-electron chi connectivity index (χ2n) is 7.32. The molecule has 0 spiro atoms. The number of anilines is 4. The molecular formula is C24H25N5O. The van der Waals surface area contributed by atoms with Crippen LogP contribution in [0.15, 0.2) is 66.7 Å². The molecule has 6 nitrogen and oxygen atoms in total. The molecule has 2 aromatic carbocycles. The van der Waals surface area contributed by atoms with Gasteiger partial charge in [0.1, 0.15) is 5.82 Å². The van der Waals surface area contributed by atoms with E-state index in [0.717, 1.165) is 41.5 Å². The molecule has 4 rings (SSSR count). The van der Waals surface area contributed by atoms with Crippen LogP contribution in [0.5, 0.6) is 0 Å². The van der Waals surface area contributed by atoms with Gasteiger partial charge in [-0.15, -0.1) is 0 Å². The summed E-state index contributed by atoms with van der Waals surface area (Å²) < 4.78 is 0. The van der Waals surface area contributed by atoms with Crippen LogP contribution in [0.2, 0.25) is 0 Å². The lowest BCUT2D eigenvalue weighted by atomic mass is 10.2. The summed E-state index contributed by atoms with van der Waals surface area (Å²) in [5.41, 5.74) is 3.51. The molecule has 30 heavy (non-hydrogen) atoms. The number of aromatic nitrogens is 2. The molecule has 152 valence electrons. The van der Waals surface area contributed by atoms with Gasteiger partial charge in [0.05, 0.1) is 0 Å². The molecule has 1 aromatic heterocycles. The number of hydrogen-bond donors (Lipinski definition) is 2. The van der Waals surface area contributed by atoms with Crippen molar-refractivity contribution >= 4 is 35.1 Å². The summed E-state index contributed by atoms with van der Waals surface area (Å²) in [6.45, 7) is 4.07. The van der Waals surface area contributed by atoms with E-state index in [2.05, 4.69) is 25.5 Å². The Morgan fingerprint density at radius 2 is 1.67 bits per heavy atom. The quantitative estimate of drug-likeness (QED) is 0.584. The zero-order valence-corrected chi connectivity index (χ0v) is 17.0. The van der Waals surface area contributed by atoms with Gasteiger partial charge in [0.15, 0.2) is 0 Å². The molecule has 1 aliphatic heterocycles. The third-order valence-corrected chi connectivity index (χ3v) is 4.91. The molecule has 1 fully saturated rings. The van der Waals surface area contributed by atoms with Crippen molar-refractivity contribution in [2.24, 2.45) is 0 Å². The van der Waals surface area contributed by atoms with Crippen molar-refractivity contribution in [3.63, 3.8) is 0 Å². The van der Waals surface area contributed by atoms with Gasteiger partial charge in [-0.25, -0.2) is 4.98 Å². The fourth-order valence-electron chi connectivity index (χ4n) is 3.40. The first-order valence-electron chi connectivity index (χ1n) is 10.2. The number of aryl methyl sites for hydroxylation is 1. The summed E-state index contributed by atoms with van der Waals surface area (Å²) in [7, 11) is 0. The van der Waals surface area contributed by atoms with Crippen molar-refractivity contribution in [1.29, 1.82) is 0 Å². The minimum absolute atomic E-state index is 0.170. The first kappa shape index (κ1) is 19.6. The third-order valence-electron chi connectivity index (χ3n) is 4.91. The minimum atomic E-state index is -0.170. The maximum atomic E-state index is 12.1. The summed E-state index contributed by atoms with van der Waals surface area (Å²) in [5, 5.41) is 6.13. The van der Waals surface area contributed by atoms with E-state index in [-0.39, 0.29) is 5.91 Å². The van der Waals surface area contributed by atoms with Crippen LogP contribution in [-0.4, -0.2) is 29.0 Å². The molecule has 2 N–H and O–H groups in total. The lowest BCUT2D eigenvalue weighted by Crippen LogP contribution is -2.19. The van der Waals surface area contributed by atoms with Gasteiger partial charge in [-0.2, -0.15) is 4.98 Å². The summed E-state index contributed by atoms with van der Waals surface area (Å²) in [5.74, 6) is 1.38. The Hall–Kier alpha value is -3.67. The van der Waals surface area contributed by atoms with E-state index in [1.807, 2.05) is 67.6 Å². The number of amides is 1. The van der Waals surface area contributed by atoms with E-state index in [0.29, 0.717) is 5.95 Å². The van der Waals surface area contributed by atoms with Crippen LogP contribution >= 0.6 is 0 Å². The first-order valence-corrected chi connectivity index (χ1v) is 10.2. The monoisotopic (exact) mass is 399 g/mol. The standard InChI is InChI=1S/C24H25N5O/c1-18-17-22(29-15-5-6-16-29)28-24(25-18)27-21-12-10-20(11-13-21)26-23(30)14-9-19-7-3-2-4-8-19/h2-4,7-14,17H,5-6,15-16H2,1H3,(H,26,30)(H,25,27,28)/b14-9+. The number of nitrogens with one attached hydrogen (secondary N) is 2. The second kappa shape index (κ2) is 9.22. The Bertz CT molecular complexity index is 1030. The number of carbonyl (C=O) groups is 1. The summed E-state index contributed by atoms with van der Waals surface area (Å²) in [6, 6.07) is 19.3. The Labute approximate surface area is 176 Å². The molecule has 1 saturated heterocycles. The number of carbonyl (C=O) groups excluding carboxylic acids is 1. The van der Waals surface area contributed by atoms with E-state index < -0.39 is 0 Å². The molecule has 0 aliphatic carbocycles. The molecule has 1 aliphatic rings. The van der Waals surface area contributed by atoms with Gasteiger partial charge >= 0.3 is 0 Å². The Balaban J connectivity index is 1.38. The van der Waals surface area contributed by atoms with Crippen molar-refractivity contribution < 1.29 is 4.79 Å². The number of benzene rings is 2. The van der Waals surface area contributed by atoms with Crippen molar-refractivity contribution in [3.8, 4) is 0 Å². The zero-order chi connectivity index (χ0) is 20.8. The van der Waals surface area contributed by atoms with Gasteiger partial charge in [-0.05, 0) is 55.7 Å². The molecule has 0 atom stereocenters. The third kappa shape index (κ3) is 5.23. The molecular weight excluding hydrogens is 374 g/mol. The smallest absolute Gasteiger partial charge is 0.248 e. The topological polar surface area (TPSA) is 70.2 Å². The van der Waals surface area contributed by atoms with Crippen LogP contribution in [0, 0.1) is 6.92 Å². The summed E-state index contributed by atoms with van der Waals surface area (Å²) in [6.07, 6.45) is 5.74. The van der Waals surface area contributed by atoms with Crippen LogP contribution in [0.1, 0.15) is 24.1 Å². The average Bonchev–Trinajstić information content (AvgIpc) is 3.29. The van der Waals surface area contributed by atoms with E-state index in [1.165, 1.54) is 18.9 Å². The minimum Gasteiger partial charge on any atom is -0.356 e. The molecule has 3 aromatic rings. The maximum Gasteiger partial charge on any atom is 0.248 e. The number of hydrogen-bond acceptors (Lipinski definition) is 5. The van der Waals surface area contributed by atoms with Gasteiger partial charge in [0.2, 0.25) is 11.9 Å². The summed E-state index contributed by atoms with van der Waals surface area (Å²) >= 11 is 0. The van der Waals surface area contributed by atoms with Crippen molar-refractivity contribution in [3.05, 3.63) is 78.0 Å². The predicted molar refractivity (Wildman–Crippen MR) is 122 cm³/mol. The van der Waals surface area contributed by atoms with Crippen LogP contribution in [0.25, 0.3) is 6.08 Å². The van der Waals surface area contributed by atoms with Crippen LogP contribution < -0.4 is 15.5 Å². The molecule has 1 amide bonds. The number of nitrogens with zero attached hydrogens (tertiary/aromatic N) is 3. The zero-order valence-electron chi connectivity index (χ0n) is 17.0. The molecule has 2 heterocycles. The molecule has 0 radical (unpaired) electrons. The first-order chi connectivity index (χ1) is 14.7. The average molecular weight is 399 g/mol. The SMILES string of the molecule is Cc1cc(N2CCCC2)nc(Nc2ccc(NC(=O)/C=C/c3ccccc3)cc2)n1. The summed E-state index contributed by atoms with van der Waals surface area (Å²) in [4.78, 5) is 23.6. The van der Waals surface area contributed by atoms with E-state index in [1.54, 1.807) is 6.08 Å². The molecule has 0 unspecified atom stereocenters. The highest BCUT2D eigenvalue weighted by atomic mass is 16.1. The second-order valence-corrected chi connectivity index (χ2v) is 7.32. The van der Waals surface area contributed by atoms with Gasteiger partial charge < -0.3 is 15.5 Å². The Kier molecular flexibility index (Phi) is 6.03. The molecule has 0 bridgehead atoms. The van der Waals surface area contributed by atoms with Gasteiger partial charge in [0, 0.05) is 42.3 Å². The fourth-order valence-corrected chi connectivity index (χ4v) is 3.40. The fraction of sp³-hybridized carbons (Fsp3) is 0.208.